The van der Waals surface area contributed by atoms with E-state index in [1.54, 1.807) is 48.5 Å². The summed E-state index contributed by atoms with van der Waals surface area (Å²) in [7, 11) is 0. The topological polar surface area (TPSA) is 58.9 Å². The molecule has 0 fully saturated rings. The molecule has 0 saturated carbocycles. The number of nitrogens with zero attached hydrogens (tertiary/aromatic N) is 1. The van der Waals surface area contributed by atoms with Crippen LogP contribution in [0.3, 0.4) is 0 Å². The second-order valence-corrected chi connectivity index (χ2v) is 3.57. The van der Waals surface area contributed by atoms with E-state index in [0.29, 0.717) is 11.3 Å². The zero-order valence-electron chi connectivity index (χ0n) is 9.48. The highest BCUT2D eigenvalue weighted by Crippen LogP contribution is 2.13. The molecule has 0 bridgehead atoms. The molecule has 0 heterocycles. The predicted octanol–water partition coefficient (Wildman–Crippen LogP) is 2.71. The van der Waals surface area contributed by atoms with Crippen LogP contribution in [0.1, 0.15) is 15.9 Å². The Hall–Kier alpha value is -2.62. The van der Waals surface area contributed by atoms with Crippen molar-refractivity contribution >= 4 is 12.2 Å². The van der Waals surface area contributed by atoms with Crippen LogP contribution in [-0.4, -0.2) is 17.4 Å². The lowest BCUT2D eigenvalue weighted by Gasteiger charge is -2.04. The molecule has 4 heteroatoms. The van der Waals surface area contributed by atoms with E-state index in [9.17, 15) is 4.79 Å². The minimum Gasteiger partial charge on any atom is -0.423 e. The number of hydrogen-bond acceptors (Lipinski definition) is 4. The van der Waals surface area contributed by atoms with Crippen molar-refractivity contribution in [1.82, 2.24) is 0 Å². The fourth-order valence-corrected chi connectivity index (χ4v) is 1.43. The third-order valence-corrected chi connectivity index (χ3v) is 2.31. The van der Waals surface area contributed by atoms with Gasteiger partial charge in [-0.25, -0.2) is 4.79 Å². The normalized spacial score (nSPS) is 10.4. The number of ether oxygens (including phenoxy) is 1. The van der Waals surface area contributed by atoms with Gasteiger partial charge in [-0.05, 0) is 42.0 Å². The Bertz CT molecular complexity index is 547. The number of carbonyl (C=O) groups excluding carboxylic acids is 1. The minimum atomic E-state index is -0.404. The lowest BCUT2D eigenvalue weighted by molar-refractivity contribution is 0.0735. The predicted molar refractivity (Wildman–Crippen MR) is 67.2 cm³/mol. The Balaban J connectivity index is 2.08. The molecule has 2 rings (SSSR count). The summed E-state index contributed by atoms with van der Waals surface area (Å²) in [5.41, 5.74) is 1.22. The lowest BCUT2D eigenvalue weighted by atomic mass is 10.2. The third-order valence-electron chi connectivity index (χ3n) is 2.31. The molecule has 0 radical (unpaired) electrons. The fraction of sp³-hybridized carbons (Fsp3) is 0. The molecule has 2 aromatic rings. The molecule has 4 nitrogen and oxygen atoms in total. The van der Waals surface area contributed by atoms with Crippen molar-refractivity contribution in [2.24, 2.45) is 5.16 Å². The van der Waals surface area contributed by atoms with Crippen LogP contribution in [0.5, 0.6) is 5.75 Å². The van der Waals surface area contributed by atoms with Gasteiger partial charge in [0.1, 0.15) is 5.75 Å². The van der Waals surface area contributed by atoms with Crippen LogP contribution in [0.4, 0.5) is 0 Å². The van der Waals surface area contributed by atoms with Gasteiger partial charge in [0.25, 0.3) is 0 Å². The van der Waals surface area contributed by atoms with E-state index in [0.717, 1.165) is 5.56 Å². The molecule has 0 aliphatic heterocycles. The highest BCUT2D eigenvalue weighted by molar-refractivity contribution is 5.91. The zero-order chi connectivity index (χ0) is 12.8. The van der Waals surface area contributed by atoms with Crippen LogP contribution in [0.2, 0.25) is 0 Å². The van der Waals surface area contributed by atoms with Gasteiger partial charge in [0, 0.05) is 0 Å². The summed E-state index contributed by atoms with van der Waals surface area (Å²) < 4.78 is 5.19. The Kier molecular flexibility index (Phi) is 3.71. The van der Waals surface area contributed by atoms with Crippen molar-refractivity contribution in [2.45, 2.75) is 0 Å². The molecule has 0 aliphatic rings. The summed E-state index contributed by atoms with van der Waals surface area (Å²) in [5.74, 6) is 0.0399. The number of esters is 1. The first-order chi connectivity index (χ1) is 8.79. The maximum absolute atomic E-state index is 11.7. The van der Waals surface area contributed by atoms with E-state index in [1.165, 1.54) is 6.21 Å². The molecule has 2 aromatic carbocycles. The summed E-state index contributed by atoms with van der Waals surface area (Å²) in [6.45, 7) is 0. The van der Waals surface area contributed by atoms with Gasteiger partial charge in [-0.1, -0.05) is 23.4 Å². The van der Waals surface area contributed by atoms with E-state index in [4.69, 9.17) is 9.94 Å². The van der Waals surface area contributed by atoms with Crippen molar-refractivity contribution in [3.8, 4) is 5.75 Å². The largest absolute Gasteiger partial charge is 0.423 e. The van der Waals surface area contributed by atoms with Crippen LogP contribution in [0.25, 0.3) is 0 Å². The Morgan fingerprint density at radius 1 is 1.06 bits per heavy atom. The summed E-state index contributed by atoms with van der Waals surface area (Å²) in [4.78, 5) is 11.7. The molecular formula is C14H11NO3. The Morgan fingerprint density at radius 2 is 1.72 bits per heavy atom. The van der Waals surface area contributed by atoms with E-state index < -0.39 is 5.97 Å². The molecular weight excluding hydrogens is 230 g/mol. The van der Waals surface area contributed by atoms with E-state index in [1.807, 2.05) is 6.07 Å². The number of carbonyl (C=O) groups is 1. The van der Waals surface area contributed by atoms with Gasteiger partial charge in [0.15, 0.2) is 0 Å². The number of oxime groups is 1. The van der Waals surface area contributed by atoms with Crippen LogP contribution in [0.15, 0.2) is 59.8 Å². The SMILES string of the molecule is O=C(Oc1ccc(/C=N/O)cc1)c1ccccc1. The maximum Gasteiger partial charge on any atom is 0.343 e. The summed E-state index contributed by atoms with van der Waals surface area (Å²) in [5, 5.41) is 11.3. The van der Waals surface area contributed by atoms with Gasteiger partial charge in [-0.2, -0.15) is 0 Å². The van der Waals surface area contributed by atoms with Gasteiger partial charge in [0.05, 0.1) is 11.8 Å². The molecule has 0 amide bonds. The monoisotopic (exact) mass is 241 g/mol. The summed E-state index contributed by atoms with van der Waals surface area (Å²) >= 11 is 0. The number of rotatable bonds is 3. The van der Waals surface area contributed by atoms with Crippen molar-refractivity contribution in [3.05, 3.63) is 65.7 Å². The average molecular weight is 241 g/mol. The molecule has 0 atom stereocenters. The molecule has 1 N–H and O–H groups in total. The number of benzene rings is 2. The average Bonchev–Trinajstić information content (AvgIpc) is 2.42. The van der Waals surface area contributed by atoms with Gasteiger partial charge in [-0.15, -0.1) is 0 Å². The minimum absolute atomic E-state index is 0.404. The quantitative estimate of drug-likeness (QED) is 0.295. The standard InChI is InChI=1S/C14H11NO3/c16-14(12-4-2-1-3-5-12)18-13-8-6-11(7-9-13)10-15-17/h1-10,17H/b15-10+. The van der Waals surface area contributed by atoms with Crippen LogP contribution in [0, 0.1) is 0 Å². The van der Waals surface area contributed by atoms with E-state index in [-0.39, 0.29) is 0 Å². The zero-order valence-corrected chi connectivity index (χ0v) is 9.48. The Labute approximate surface area is 104 Å². The first-order valence-electron chi connectivity index (χ1n) is 5.34. The van der Waals surface area contributed by atoms with Crippen LogP contribution in [-0.2, 0) is 0 Å². The highest BCUT2D eigenvalue weighted by Gasteiger charge is 2.07. The van der Waals surface area contributed by atoms with Gasteiger partial charge in [-0.3, -0.25) is 0 Å². The second kappa shape index (κ2) is 5.63. The van der Waals surface area contributed by atoms with Crippen molar-refractivity contribution < 1.29 is 14.7 Å². The summed E-state index contributed by atoms with van der Waals surface area (Å²) in [6, 6.07) is 15.4. The third kappa shape index (κ3) is 2.95. The van der Waals surface area contributed by atoms with Gasteiger partial charge >= 0.3 is 5.97 Å². The van der Waals surface area contributed by atoms with E-state index >= 15 is 0 Å². The molecule has 0 unspecified atom stereocenters. The van der Waals surface area contributed by atoms with Crippen molar-refractivity contribution in [2.75, 3.05) is 0 Å². The first-order valence-corrected chi connectivity index (χ1v) is 5.34. The lowest BCUT2D eigenvalue weighted by Crippen LogP contribution is -2.07. The second-order valence-electron chi connectivity index (χ2n) is 3.57. The van der Waals surface area contributed by atoms with Crippen LogP contribution < -0.4 is 4.74 Å². The number of hydrogen-bond donors (Lipinski definition) is 1. The van der Waals surface area contributed by atoms with Crippen molar-refractivity contribution in [1.29, 1.82) is 0 Å². The molecule has 0 saturated heterocycles. The first kappa shape index (κ1) is 11.9. The molecule has 0 spiro atoms. The Morgan fingerprint density at radius 3 is 2.33 bits per heavy atom. The van der Waals surface area contributed by atoms with E-state index in [2.05, 4.69) is 5.16 Å². The van der Waals surface area contributed by atoms with Gasteiger partial charge < -0.3 is 9.94 Å². The molecule has 90 valence electrons. The molecule has 0 aliphatic carbocycles. The smallest absolute Gasteiger partial charge is 0.343 e. The van der Waals surface area contributed by atoms with Crippen molar-refractivity contribution in [3.63, 3.8) is 0 Å². The van der Waals surface area contributed by atoms with Gasteiger partial charge in [0.2, 0.25) is 0 Å². The molecule has 18 heavy (non-hydrogen) atoms. The molecule has 0 aromatic heterocycles. The fourth-order valence-electron chi connectivity index (χ4n) is 1.43. The highest BCUT2D eigenvalue weighted by atomic mass is 16.5. The van der Waals surface area contributed by atoms with Crippen LogP contribution >= 0.6 is 0 Å². The summed E-state index contributed by atoms with van der Waals surface area (Å²) in [6.07, 6.45) is 1.29. The maximum atomic E-state index is 11.7.